The van der Waals surface area contributed by atoms with Crippen LogP contribution in [0.4, 0.5) is 0 Å². The maximum absolute atomic E-state index is 12.3. The predicted molar refractivity (Wildman–Crippen MR) is 97.2 cm³/mol. The van der Waals surface area contributed by atoms with E-state index in [4.69, 9.17) is 15.2 Å². The number of ether oxygens (including phenoxy) is 2. The van der Waals surface area contributed by atoms with E-state index < -0.39 is 0 Å². The van der Waals surface area contributed by atoms with E-state index in [0.29, 0.717) is 42.7 Å². The molecule has 1 unspecified atom stereocenters. The number of benzene rings is 2. The van der Waals surface area contributed by atoms with Gasteiger partial charge in [0.2, 0.25) is 0 Å². The van der Waals surface area contributed by atoms with Gasteiger partial charge in [0, 0.05) is 18.2 Å². The summed E-state index contributed by atoms with van der Waals surface area (Å²) in [5.41, 5.74) is 9.01. The summed E-state index contributed by atoms with van der Waals surface area (Å²) in [5.74, 6) is 1.59. The van der Waals surface area contributed by atoms with Gasteiger partial charge in [-0.1, -0.05) is 38.1 Å². The number of nitrogens with one attached hydrogen (secondary N) is 1. The fourth-order valence-corrected chi connectivity index (χ4v) is 2.74. The first-order chi connectivity index (χ1) is 12.0. The van der Waals surface area contributed by atoms with Crippen LogP contribution >= 0.6 is 0 Å². The van der Waals surface area contributed by atoms with Gasteiger partial charge < -0.3 is 20.5 Å². The van der Waals surface area contributed by atoms with E-state index in [1.54, 1.807) is 18.2 Å². The van der Waals surface area contributed by atoms with E-state index in [0.717, 1.165) is 5.56 Å². The molecule has 3 N–H and O–H groups in total. The Morgan fingerprint density at radius 2 is 1.68 bits per heavy atom. The van der Waals surface area contributed by atoms with Crippen LogP contribution in [0.5, 0.6) is 11.5 Å². The largest absolute Gasteiger partial charge is 0.486 e. The molecule has 0 saturated heterocycles. The van der Waals surface area contributed by atoms with Gasteiger partial charge in [0.15, 0.2) is 11.5 Å². The minimum Gasteiger partial charge on any atom is -0.486 e. The molecule has 1 heterocycles. The molecule has 2 aromatic carbocycles. The van der Waals surface area contributed by atoms with Crippen LogP contribution in [-0.2, 0) is 0 Å². The lowest BCUT2D eigenvalue weighted by atomic mass is 9.99. The average Bonchev–Trinajstić information content (AvgIpc) is 2.65. The zero-order valence-electron chi connectivity index (χ0n) is 14.6. The number of hydrogen-bond acceptors (Lipinski definition) is 4. The number of nitrogens with two attached hydrogens (primary N) is 1. The van der Waals surface area contributed by atoms with Crippen molar-refractivity contribution < 1.29 is 14.3 Å². The lowest BCUT2D eigenvalue weighted by molar-refractivity contribution is 0.0950. The standard InChI is InChI=1S/C20H24N2O3/c1-13(2)14-3-5-15(6-4-14)17(21)12-22-20(23)16-7-8-18-19(11-16)25-10-9-24-18/h3-8,11,13,17H,9-10,12,21H2,1-2H3,(H,22,23). The Labute approximate surface area is 148 Å². The molecule has 5 heteroatoms. The third-order valence-electron chi connectivity index (χ3n) is 4.32. The van der Waals surface area contributed by atoms with Gasteiger partial charge in [-0.25, -0.2) is 0 Å². The Morgan fingerprint density at radius 1 is 1.04 bits per heavy atom. The summed E-state index contributed by atoms with van der Waals surface area (Å²) in [6.45, 7) is 5.71. The number of rotatable bonds is 5. The van der Waals surface area contributed by atoms with E-state index in [-0.39, 0.29) is 11.9 Å². The number of fused-ring (bicyclic) bond motifs is 1. The molecule has 3 rings (SSSR count). The van der Waals surface area contributed by atoms with Crippen molar-refractivity contribution >= 4 is 5.91 Å². The molecular formula is C20H24N2O3. The SMILES string of the molecule is CC(C)c1ccc(C(N)CNC(=O)c2ccc3c(c2)OCCO3)cc1. The number of carbonyl (C=O) groups is 1. The predicted octanol–water partition coefficient (Wildman–Crippen LogP) is 3.01. The monoisotopic (exact) mass is 340 g/mol. The van der Waals surface area contributed by atoms with Crippen molar-refractivity contribution in [3.63, 3.8) is 0 Å². The van der Waals surface area contributed by atoms with Gasteiger partial charge in [0.1, 0.15) is 13.2 Å². The van der Waals surface area contributed by atoms with Crippen molar-refractivity contribution in [1.82, 2.24) is 5.32 Å². The van der Waals surface area contributed by atoms with E-state index in [1.165, 1.54) is 5.56 Å². The summed E-state index contributed by atoms with van der Waals surface area (Å²) in [7, 11) is 0. The Hall–Kier alpha value is -2.53. The Kier molecular flexibility index (Phi) is 5.24. The summed E-state index contributed by atoms with van der Waals surface area (Å²) in [4.78, 5) is 12.3. The summed E-state index contributed by atoms with van der Waals surface area (Å²) < 4.78 is 11.0. The maximum Gasteiger partial charge on any atom is 0.251 e. The third-order valence-corrected chi connectivity index (χ3v) is 4.32. The van der Waals surface area contributed by atoms with Crippen LogP contribution in [-0.4, -0.2) is 25.7 Å². The lowest BCUT2D eigenvalue weighted by Crippen LogP contribution is -2.32. The molecule has 0 radical (unpaired) electrons. The van der Waals surface area contributed by atoms with Crippen molar-refractivity contribution in [2.45, 2.75) is 25.8 Å². The average molecular weight is 340 g/mol. The zero-order chi connectivity index (χ0) is 17.8. The van der Waals surface area contributed by atoms with Crippen LogP contribution in [0.15, 0.2) is 42.5 Å². The highest BCUT2D eigenvalue weighted by Gasteiger charge is 2.16. The molecule has 1 aliphatic heterocycles. The minimum absolute atomic E-state index is 0.175. The first-order valence-corrected chi connectivity index (χ1v) is 8.58. The second-order valence-corrected chi connectivity index (χ2v) is 6.50. The van der Waals surface area contributed by atoms with Crippen LogP contribution in [0.25, 0.3) is 0 Å². The van der Waals surface area contributed by atoms with E-state index >= 15 is 0 Å². The molecule has 5 nitrogen and oxygen atoms in total. The Bertz CT molecular complexity index is 741. The molecule has 0 saturated carbocycles. The second kappa shape index (κ2) is 7.57. The van der Waals surface area contributed by atoms with Gasteiger partial charge in [0.05, 0.1) is 0 Å². The Morgan fingerprint density at radius 3 is 2.36 bits per heavy atom. The highest BCUT2D eigenvalue weighted by Crippen LogP contribution is 2.30. The molecule has 0 bridgehead atoms. The summed E-state index contributed by atoms with van der Waals surface area (Å²) in [6.07, 6.45) is 0. The molecular weight excluding hydrogens is 316 g/mol. The van der Waals surface area contributed by atoms with E-state index in [9.17, 15) is 4.79 Å². The smallest absolute Gasteiger partial charge is 0.251 e. The Balaban J connectivity index is 1.59. The van der Waals surface area contributed by atoms with Crippen LogP contribution in [0.1, 0.15) is 47.3 Å². The first kappa shape index (κ1) is 17.3. The number of carbonyl (C=O) groups excluding carboxylic acids is 1. The quantitative estimate of drug-likeness (QED) is 0.877. The number of hydrogen-bond donors (Lipinski definition) is 2. The van der Waals surface area contributed by atoms with Gasteiger partial charge in [-0.05, 0) is 35.2 Å². The normalized spacial score (nSPS) is 14.2. The topological polar surface area (TPSA) is 73.6 Å². The van der Waals surface area contributed by atoms with E-state index in [1.807, 2.05) is 12.1 Å². The van der Waals surface area contributed by atoms with Gasteiger partial charge in [-0.15, -0.1) is 0 Å². The highest BCUT2D eigenvalue weighted by molar-refractivity contribution is 5.94. The molecule has 1 aliphatic rings. The maximum atomic E-state index is 12.3. The lowest BCUT2D eigenvalue weighted by Gasteiger charge is -2.19. The molecule has 0 fully saturated rings. The van der Waals surface area contributed by atoms with Gasteiger partial charge in [0.25, 0.3) is 5.91 Å². The molecule has 132 valence electrons. The fraction of sp³-hybridized carbons (Fsp3) is 0.350. The fourth-order valence-electron chi connectivity index (χ4n) is 2.74. The zero-order valence-corrected chi connectivity index (χ0v) is 14.6. The second-order valence-electron chi connectivity index (χ2n) is 6.50. The summed E-state index contributed by atoms with van der Waals surface area (Å²) >= 11 is 0. The molecule has 1 atom stereocenters. The summed E-state index contributed by atoms with van der Waals surface area (Å²) in [6, 6.07) is 13.2. The molecule has 1 amide bonds. The van der Waals surface area contributed by atoms with Crippen molar-refractivity contribution in [2.75, 3.05) is 19.8 Å². The molecule has 0 aliphatic carbocycles. The third kappa shape index (κ3) is 4.12. The van der Waals surface area contributed by atoms with Crippen LogP contribution < -0.4 is 20.5 Å². The molecule has 2 aromatic rings. The van der Waals surface area contributed by atoms with Crippen LogP contribution in [0.3, 0.4) is 0 Å². The van der Waals surface area contributed by atoms with Crippen LogP contribution in [0, 0.1) is 0 Å². The van der Waals surface area contributed by atoms with Gasteiger partial charge >= 0.3 is 0 Å². The number of amides is 1. The summed E-state index contributed by atoms with van der Waals surface area (Å²) in [5, 5.41) is 2.88. The van der Waals surface area contributed by atoms with Gasteiger partial charge in [-0.3, -0.25) is 4.79 Å². The minimum atomic E-state index is -0.248. The highest BCUT2D eigenvalue weighted by atomic mass is 16.6. The van der Waals surface area contributed by atoms with Crippen molar-refractivity contribution in [1.29, 1.82) is 0 Å². The van der Waals surface area contributed by atoms with Crippen molar-refractivity contribution in [3.8, 4) is 11.5 Å². The molecule has 0 aromatic heterocycles. The molecule has 25 heavy (non-hydrogen) atoms. The van der Waals surface area contributed by atoms with Crippen molar-refractivity contribution in [2.24, 2.45) is 5.73 Å². The van der Waals surface area contributed by atoms with Gasteiger partial charge in [-0.2, -0.15) is 0 Å². The van der Waals surface area contributed by atoms with E-state index in [2.05, 4.69) is 31.3 Å². The first-order valence-electron chi connectivity index (χ1n) is 8.58. The molecule has 0 spiro atoms. The van der Waals surface area contributed by atoms with Crippen LogP contribution in [0.2, 0.25) is 0 Å². The van der Waals surface area contributed by atoms with Crippen molar-refractivity contribution in [3.05, 3.63) is 59.2 Å².